The second-order valence-corrected chi connectivity index (χ2v) is 5.93. The highest BCUT2D eigenvalue weighted by Gasteiger charge is 2.21. The van der Waals surface area contributed by atoms with Gasteiger partial charge in [0.1, 0.15) is 0 Å². The molecule has 0 radical (unpaired) electrons. The van der Waals surface area contributed by atoms with Crippen molar-refractivity contribution in [2.75, 3.05) is 13.1 Å². The van der Waals surface area contributed by atoms with E-state index < -0.39 is 6.10 Å². The molecule has 0 heterocycles. The molecule has 0 bridgehead atoms. The number of rotatable bonds is 7. The van der Waals surface area contributed by atoms with E-state index in [0.29, 0.717) is 30.6 Å². The van der Waals surface area contributed by atoms with Crippen LogP contribution in [0.4, 0.5) is 0 Å². The number of benzene rings is 1. The zero-order valence-corrected chi connectivity index (χ0v) is 12.2. The Morgan fingerprint density at radius 2 is 2.10 bits per heavy atom. The standard InChI is InChI=1S/C16H24N2O2/c1-11(2)9-18-16(20)13-5-3-4-12(8-13)15(19)10-17-14-6-7-14/h3-5,8,11,14-15,17,19H,6-7,9-10H2,1-2H3,(H,18,20). The first-order valence-corrected chi connectivity index (χ1v) is 7.36. The first kappa shape index (κ1) is 15.0. The highest BCUT2D eigenvalue weighted by atomic mass is 16.3. The van der Waals surface area contributed by atoms with Crippen molar-refractivity contribution >= 4 is 5.91 Å². The van der Waals surface area contributed by atoms with Crippen molar-refractivity contribution in [2.45, 2.75) is 38.8 Å². The third-order valence-electron chi connectivity index (χ3n) is 3.38. The average Bonchev–Trinajstić information content (AvgIpc) is 3.26. The van der Waals surface area contributed by atoms with Gasteiger partial charge in [-0.05, 0) is 36.5 Å². The van der Waals surface area contributed by atoms with E-state index in [1.807, 2.05) is 12.1 Å². The van der Waals surface area contributed by atoms with E-state index in [1.54, 1.807) is 12.1 Å². The number of carbonyl (C=O) groups excluding carboxylic acids is 1. The van der Waals surface area contributed by atoms with Crippen molar-refractivity contribution in [1.82, 2.24) is 10.6 Å². The van der Waals surface area contributed by atoms with Gasteiger partial charge in [0.15, 0.2) is 0 Å². The molecule has 0 saturated heterocycles. The second kappa shape index (κ2) is 6.86. The van der Waals surface area contributed by atoms with E-state index in [9.17, 15) is 9.90 Å². The van der Waals surface area contributed by atoms with Crippen molar-refractivity contribution in [3.8, 4) is 0 Å². The van der Waals surface area contributed by atoms with Crippen LogP contribution >= 0.6 is 0 Å². The molecule has 4 heteroatoms. The first-order chi connectivity index (χ1) is 9.56. The summed E-state index contributed by atoms with van der Waals surface area (Å²) in [5.41, 5.74) is 1.39. The summed E-state index contributed by atoms with van der Waals surface area (Å²) in [4.78, 5) is 12.0. The van der Waals surface area contributed by atoms with Gasteiger partial charge < -0.3 is 15.7 Å². The topological polar surface area (TPSA) is 61.4 Å². The lowest BCUT2D eigenvalue weighted by Gasteiger charge is -2.13. The van der Waals surface area contributed by atoms with Gasteiger partial charge in [-0.2, -0.15) is 0 Å². The highest BCUT2D eigenvalue weighted by molar-refractivity contribution is 5.94. The van der Waals surface area contributed by atoms with Crippen LogP contribution in [0.1, 0.15) is 48.7 Å². The van der Waals surface area contributed by atoms with Crippen molar-refractivity contribution in [2.24, 2.45) is 5.92 Å². The lowest BCUT2D eigenvalue weighted by molar-refractivity contribution is 0.0948. The van der Waals surface area contributed by atoms with Crippen LogP contribution < -0.4 is 10.6 Å². The van der Waals surface area contributed by atoms with E-state index in [1.165, 1.54) is 12.8 Å². The quantitative estimate of drug-likeness (QED) is 0.712. The van der Waals surface area contributed by atoms with Gasteiger partial charge in [-0.15, -0.1) is 0 Å². The Morgan fingerprint density at radius 3 is 2.75 bits per heavy atom. The number of aliphatic hydroxyl groups excluding tert-OH is 1. The molecule has 110 valence electrons. The van der Waals surface area contributed by atoms with Gasteiger partial charge in [0.05, 0.1) is 6.10 Å². The van der Waals surface area contributed by atoms with E-state index in [0.717, 1.165) is 5.56 Å². The molecule has 1 aromatic carbocycles. The molecule has 1 amide bonds. The molecule has 1 saturated carbocycles. The maximum atomic E-state index is 12.0. The van der Waals surface area contributed by atoms with Crippen molar-refractivity contribution in [1.29, 1.82) is 0 Å². The predicted molar refractivity (Wildman–Crippen MR) is 79.6 cm³/mol. The molecule has 1 aliphatic carbocycles. The molecule has 4 nitrogen and oxygen atoms in total. The van der Waals surface area contributed by atoms with Crippen LogP contribution in [0.5, 0.6) is 0 Å². The van der Waals surface area contributed by atoms with Gasteiger partial charge in [0, 0.05) is 24.7 Å². The second-order valence-electron chi connectivity index (χ2n) is 5.93. The van der Waals surface area contributed by atoms with Gasteiger partial charge >= 0.3 is 0 Å². The normalized spacial score (nSPS) is 16.2. The van der Waals surface area contributed by atoms with E-state index in [4.69, 9.17) is 0 Å². The lowest BCUT2D eigenvalue weighted by Crippen LogP contribution is -2.27. The van der Waals surface area contributed by atoms with Crippen LogP contribution in [0.15, 0.2) is 24.3 Å². The number of amides is 1. The van der Waals surface area contributed by atoms with Crippen LogP contribution in [-0.4, -0.2) is 30.1 Å². The molecule has 1 aromatic rings. The fourth-order valence-electron chi connectivity index (χ4n) is 1.97. The summed E-state index contributed by atoms with van der Waals surface area (Å²) in [5.74, 6) is 0.346. The fraction of sp³-hybridized carbons (Fsp3) is 0.562. The van der Waals surface area contributed by atoms with Crippen LogP contribution in [0.2, 0.25) is 0 Å². The molecular weight excluding hydrogens is 252 g/mol. The first-order valence-electron chi connectivity index (χ1n) is 7.36. The molecule has 1 atom stereocenters. The summed E-state index contributed by atoms with van der Waals surface area (Å²) >= 11 is 0. The Hall–Kier alpha value is -1.39. The summed E-state index contributed by atoms with van der Waals surface area (Å²) in [6, 6.07) is 7.80. The molecule has 1 unspecified atom stereocenters. The molecule has 0 aliphatic heterocycles. The van der Waals surface area contributed by atoms with E-state index in [2.05, 4.69) is 24.5 Å². The van der Waals surface area contributed by atoms with Crippen molar-refractivity contribution in [3.63, 3.8) is 0 Å². The summed E-state index contributed by atoms with van der Waals surface area (Å²) in [7, 11) is 0. The van der Waals surface area contributed by atoms with Crippen molar-refractivity contribution in [3.05, 3.63) is 35.4 Å². The number of carbonyl (C=O) groups is 1. The number of hydrogen-bond donors (Lipinski definition) is 3. The Morgan fingerprint density at radius 1 is 1.35 bits per heavy atom. The molecule has 0 aromatic heterocycles. The molecule has 1 fully saturated rings. The number of aliphatic hydroxyl groups is 1. The molecule has 20 heavy (non-hydrogen) atoms. The molecule has 0 spiro atoms. The monoisotopic (exact) mass is 276 g/mol. The Labute approximate surface area is 120 Å². The highest BCUT2D eigenvalue weighted by Crippen LogP contribution is 2.20. The van der Waals surface area contributed by atoms with E-state index >= 15 is 0 Å². The molecule has 2 rings (SSSR count). The maximum absolute atomic E-state index is 12.0. The average molecular weight is 276 g/mol. The predicted octanol–water partition coefficient (Wildman–Crippen LogP) is 1.86. The Balaban J connectivity index is 1.93. The smallest absolute Gasteiger partial charge is 0.251 e. The summed E-state index contributed by atoms with van der Waals surface area (Å²) in [6.07, 6.45) is 1.84. The van der Waals surface area contributed by atoms with Gasteiger partial charge in [0.25, 0.3) is 5.91 Å². The zero-order valence-electron chi connectivity index (χ0n) is 12.2. The summed E-state index contributed by atoms with van der Waals surface area (Å²) in [5, 5.41) is 16.3. The maximum Gasteiger partial charge on any atom is 0.251 e. The molecule has 1 aliphatic rings. The fourth-order valence-corrected chi connectivity index (χ4v) is 1.97. The number of nitrogens with one attached hydrogen (secondary N) is 2. The summed E-state index contributed by atoms with van der Waals surface area (Å²) in [6.45, 7) is 5.32. The van der Waals surface area contributed by atoms with Gasteiger partial charge in [-0.25, -0.2) is 0 Å². The third kappa shape index (κ3) is 4.62. The van der Waals surface area contributed by atoms with Crippen LogP contribution in [0, 0.1) is 5.92 Å². The molecular formula is C16H24N2O2. The minimum Gasteiger partial charge on any atom is -0.387 e. The zero-order chi connectivity index (χ0) is 14.5. The minimum absolute atomic E-state index is 0.0806. The molecule has 3 N–H and O–H groups in total. The number of hydrogen-bond acceptors (Lipinski definition) is 3. The van der Waals surface area contributed by atoms with Crippen molar-refractivity contribution < 1.29 is 9.90 Å². The van der Waals surface area contributed by atoms with Gasteiger partial charge in [-0.1, -0.05) is 26.0 Å². The van der Waals surface area contributed by atoms with E-state index in [-0.39, 0.29) is 5.91 Å². The van der Waals surface area contributed by atoms with Gasteiger partial charge in [-0.3, -0.25) is 4.79 Å². The van der Waals surface area contributed by atoms with Crippen LogP contribution in [0.3, 0.4) is 0 Å². The Bertz CT molecular complexity index is 456. The minimum atomic E-state index is -0.562. The Kier molecular flexibility index (Phi) is 5.15. The summed E-state index contributed by atoms with van der Waals surface area (Å²) < 4.78 is 0. The largest absolute Gasteiger partial charge is 0.387 e. The third-order valence-corrected chi connectivity index (χ3v) is 3.38. The lowest BCUT2D eigenvalue weighted by atomic mass is 10.1. The van der Waals surface area contributed by atoms with Gasteiger partial charge in [0.2, 0.25) is 0 Å². The van der Waals surface area contributed by atoms with Crippen LogP contribution in [0.25, 0.3) is 0 Å². The SMILES string of the molecule is CC(C)CNC(=O)c1cccc(C(O)CNC2CC2)c1. The van der Waals surface area contributed by atoms with Crippen LogP contribution in [-0.2, 0) is 0 Å².